The number of halogens is 1. The first-order chi connectivity index (χ1) is 8.54. The quantitative estimate of drug-likeness (QED) is 0.475. The summed E-state index contributed by atoms with van der Waals surface area (Å²) in [5, 5.41) is 9.48. The van der Waals surface area contributed by atoms with Crippen LogP contribution in [-0.2, 0) is 9.53 Å². The minimum Gasteiger partial charge on any atom is -0.462 e. The molecule has 0 aromatic heterocycles. The van der Waals surface area contributed by atoms with E-state index in [1.807, 2.05) is 19.9 Å². The summed E-state index contributed by atoms with van der Waals surface area (Å²) in [5.41, 5.74) is 0.734. The Morgan fingerprint density at radius 2 is 2.17 bits per heavy atom. The second kappa shape index (κ2) is 6.83. The molecule has 0 saturated carbocycles. The highest BCUT2D eigenvalue weighted by atomic mass is 35.5. The Labute approximate surface area is 112 Å². The van der Waals surface area contributed by atoms with Gasteiger partial charge >= 0.3 is 5.97 Å². The minimum atomic E-state index is -0.528. The molecule has 94 valence electrons. The molecule has 0 radical (unpaired) electrons. The van der Waals surface area contributed by atoms with Gasteiger partial charge in [-0.1, -0.05) is 43.6 Å². The van der Waals surface area contributed by atoms with Crippen molar-refractivity contribution in [3.8, 4) is 6.07 Å². The SMILES string of the molecule is CC(C)COC(=O)C=C(C#N)c1ccccc1Cl. The first-order valence-corrected chi connectivity index (χ1v) is 5.96. The smallest absolute Gasteiger partial charge is 0.332 e. The molecule has 0 fully saturated rings. The molecule has 18 heavy (non-hydrogen) atoms. The average Bonchev–Trinajstić information content (AvgIpc) is 2.34. The van der Waals surface area contributed by atoms with Gasteiger partial charge in [-0.05, 0) is 12.0 Å². The van der Waals surface area contributed by atoms with Gasteiger partial charge in [-0.2, -0.15) is 5.26 Å². The number of carbonyl (C=O) groups excluding carboxylic acids is 1. The van der Waals surface area contributed by atoms with Gasteiger partial charge < -0.3 is 4.74 Å². The summed E-state index contributed by atoms with van der Waals surface area (Å²) >= 11 is 5.96. The van der Waals surface area contributed by atoms with E-state index in [4.69, 9.17) is 21.6 Å². The summed E-state index contributed by atoms with van der Waals surface area (Å²) in [5.74, 6) is -0.270. The number of hydrogen-bond donors (Lipinski definition) is 0. The largest absolute Gasteiger partial charge is 0.462 e. The number of nitrogens with zero attached hydrogens (tertiary/aromatic N) is 1. The van der Waals surface area contributed by atoms with Crippen molar-refractivity contribution in [2.45, 2.75) is 13.8 Å². The van der Waals surface area contributed by atoms with Crippen LogP contribution in [-0.4, -0.2) is 12.6 Å². The van der Waals surface area contributed by atoms with Gasteiger partial charge in [0.1, 0.15) is 6.07 Å². The van der Waals surface area contributed by atoms with Crippen molar-refractivity contribution in [1.29, 1.82) is 5.26 Å². The fraction of sp³-hybridized carbons (Fsp3) is 0.286. The van der Waals surface area contributed by atoms with Gasteiger partial charge in [0, 0.05) is 16.7 Å². The third kappa shape index (κ3) is 4.23. The predicted octanol–water partition coefficient (Wildman–Crippen LogP) is 3.45. The topological polar surface area (TPSA) is 50.1 Å². The molecule has 0 bridgehead atoms. The first kappa shape index (κ1) is 14.3. The molecule has 1 rings (SSSR count). The van der Waals surface area contributed by atoms with Crippen LogP contribution in [0.2, 0.25) is 5.02 Å². The molecule has 0 heterocycles. The van der Waals surface area contributed by atoms with Gasteiger partial charge in [0.2, 0.25) is 0 Å². The molecule has 0 aliphatic heterocycles. The maximum absolute atomic E-state index is 11.5. The van der Waals surface area contributed by atoms with Crippen LogP contribution in [0.5, 0.6) is 0 Å². The summed E-state index contributed by atoms with van der Waals surface area (Å²) in [6, 6.07) is 8.83. The Hall–Kier alpha value is -1.79. The van der Waals surface area contributed by atoms with E-state index in [0.29, 0.717) is 17.2 Å². The molecule has 0 saturated heterocycles. The summed E-state index contributed by atoms with van der Waals surface area (Å²) in [4.78, 5) is 11.5. The van der Waals surface area contributed by atoms with Crippen molar-refractivity contribution in [3.63, 3.8) is 0 Å². The average molecular weight is 264 g/mol. The number of rotatable bonds is 4. The zero-order chi connectivity index (χ0) is 13.5. The van der Waals surface area contributed by atoms with E-state index < -0.39 is 5.97 Å². The summed E-state index contributed by atoms with van der Waals surface area (Å²) in [6.07, 6.45) is 1.17. The first-order valence-electron chi connectivity index (χ1n) is 5.58. The van der Waals surface area contributed by atoms with Crippen molar-refractivity contribution >= 4 is 23.1 Å². The maximum atomic E-state index is 11.5. The lowest BCUT2D eigenvalue weighted by Crippen LogP contribution is -2.07. The Bertz CT molecular complexity index is 501. The van der Waals surface area contributed by atoms with Gasteiger partial charge in [0.25, 0.3) is 0 Å². The van der Waals surface area contributed by atoms with Crippen molar-refractivity contribution in [1.82, 2.24) is 0 Å². The molecular formula is C14H14ClNO2. The highest BCUT2D eigenvalue weighted by molar-refractivity contribution is 6.32. The molecule has 1 aromatic rings. The number of ether oxygens (including phenoxy) is 1. The lowest BCUT2D eigenvalue weighted by Gasteiger charge is -2.05. The monoisotopic (exact) mass is 263 g/mol. The molecule has 1 aromatic carbocycles. The van der Waals surface area contributed by atoms with Crippen LogP contribution >= 0.6 is 11.6 Å². The van der Waals surface area contributed by atoms with E-state index in [-0.39, 0.29) is 11.5 Å². The van der Waals surface area contributed by atoms with E-state index in [1.165, 1.54) is 6.08 Å². The molecule has 0 unspecified atom stereocenters. The summed E-state index contributed by atoms with van der Waals surface area (Å²) in [6.45, 7) is 4.21. The highest BCUT2D eigenvalue weighted by Crippen LogP contribution is 2.23. The van der Waals surface area contributed by atoms with Crippen molar-refractivity contribution in [3.05, 3.63) is 40.9 Å². The van der Waals surface area contributed by atoms with Gasteiger partial charge in [-0.15, -0.1) is 0 Å². The van der Waals surface area contributed by atoms with E-state index in [2.05, 4.69) is 0 Å². The number of benzene rings is 1. The fourth-order valence-electron chi connectivity index (χ4n) is 1.26. The third-order valence-corrected chi connectivity index (χ3v) is 2.44. The van der Waals surface area contributed by atoms with E-state index >= 15 is 0 Å². The van der Waals surface area contributed by atoms with Crippen LogP contribution < -0.4 is 0 Å². The van der Waals surface area contributed by atoms with Gasteiger partial charge in [0.05, 0.1) is 12.2 Å². The number of carbonyl (C=O) groups is 1. The number of nitriles is 1. The second-order valence-electron chi connectivity index (χ2n) is 4.17. The van der Waals surface area contributed by atoms with Crippen molar-refractivity contribution < 1.29 is 9.53 Å². The lowest BCUT2D eigenvalue weighted by atomic mass is 10.1. The lowest BCUT2D eigenvalue weighted by molar-refractivity contribution is -0.138. The van der Waals surface area contributed by atoms with Gasteiger partial charge in [0.15, 0.2) is 0 Å². The Morgan fingerprint density at radius 3 is 2.72 bits per heavy atom. The molecule has 3 nitrogen and oxygen atoms in total. The Balaban J connectivity index is 2.88. The minimum absolute atomic E-state index is 0.203. The van der Waals surface area contributed by atoms with Crippen LogP contribution in [0.3, 0.4) is 0 Å². The van der Waals surface area contributed by atoms with E-state index in [0.717, 1.165) is 0 Å². The summed E-state index contributed by atoms with van der Waals surface area (Å²) in [7, 11) is 0. The molecular weight excluding hydrogens is 250 g/mol. The molecule has 4 heteroatoms. The Kier molecular flexibility index (Phi) is 5.41. The van der Waals surface area contributed by atoms with Crippen LogP contribution in [0, 0.1) is 17.2 Å². The van der Waals surface area contributed by atoms with Gasteiger partial charge in [-0.25, -0.2) is 4.79 Å². The Morgan fingerprint density at radius 1 is 1.50 bits per heavy atom. The number of hydrogen-bond acceptors (Lipinski definition) is 3. The van der Waals surface area contributed by atoms with E-state index in [9.17, 15) is 4.79 Å². The fourth-order valence-corrected chi connectivity index (χ4v) is 1.50. The maximum Gasteiger partial charge on any atom is 0.332 e. The molecule has 0 aliphatic carbocycles. The molecule has 0 spiro atoms. The molecule has 0 N–H and O–H groups in total. The number of esters is 1. The zero-order valence-electron chi connectivity index (χ0n) is 10.3. The molecule has 0 atom stereocenters. The van der Waals surface area contributed by atoms with Gasteiger partial charge in [-0.3, -0.25) is 0 Å². The summed E-state index contributed by atoms with van der Waals surface area (Å²) < 4.78 is 4.99. The van der Waals surface area contributed by atoms with Crippen LogP contribution in [0.25, 0.3) is 5.57 Å². The highest BCUT2D eigenvalue weighted by Gasteiger charge is 2.09. The van der Waals surface area contributed by atoms with Crippen LogP contribution in [0.4, 0.5) is 0 Å². The normalized spacial score (nSPS) is 11.2. The molecule has 0 amide bonds. The molecule has 0 aliphatic rings. The zero-order valence-corrected chi connectivity index (χ0v) is 11.1. The third-order valence-electron chi connectivity index (χ3n) is 2.11. The second-order valence-corrected chi connectivity index (χ2v) is 4.58. The van der Waals surface area contributed by atoms with E-state index in [1.54, 1.807) is 24.3 Å². The standard InChI is InChI=1S/C14H14ClNO2/c1-10(2)9-18-14(17)7-11(8-16)12-5-3-4-6-13(12)15/h3-7,10H,9H2,1-2H3. The van der Waals surface area contributed by atoms with Crippen molar-refractivity contribution in [2.24, 2.45) is 5.92 Å². The van der Waals surface area contributed by atoms with Crippen LogP contribution in [0.1, 0.15) is 19.4 Å². The van der Waals surface area contributed by atoms with Crippen molar-refractivity contribution in [2.75, 3.05) is 6.61 Å². The predicted molar refractivity (Wildman–Crippen MR) is 70.8 cm³/mol. The van der Waals surface area contributed by atoms with Crippen LogP contribution in [0.15, 0.2) is 30.3 Å². The number of allylic oxidation sites excluding steroid dienone is 1.